The van der Waals surface area contributed by atoms with Crippen molar-refractivity contribution in [3.8, 4) is 28.7 Å². The number of rotatable bonds is 4. The maximum absolute atomic E-state index is 13.3. The number of para-hydroxylation sites is 1. The fraction of sp³-hybridized carbons (Fsp3) is 0.0435. The van der Waals surface area contributed by atoms with E-state index in [0.717, 1.165) is 11.1 Å². The molecule has 8 heteroatoms. The van der Waals surface area contributed by atoms with Gasteiger partial charge in [0.25, 0.3) is 5.56 Å². The van der Waals surface area contributed by atoms with E-state index < -0.39 is 0 Å². The third kappa shape index (κ3) is 3.50. The molecule has 0 aliphatic carbocycles. The van der Waals surface area contributed by atoms with Crippen LogP contribution in [0.5, 0.6) is 0 Å². The Morgan fingerprint density at radius 2 is 1.74 bits per heavy atom. The SMILES string of the molecule is NCc1coc(-c2ccc(-c3nc4ccccc4c(=O)n3-c3ccc(Cl)cn3)cc2)n1. The number of halogens is 1. The summed E-state index contributed by atoms with van der Waals surface area (Å²) in [4.78, 5) is 26.8. The van der Waals surface area contributed by atoms with Crippen molar-refractivity contribution in [1.82, 2.24) is 19.5 Å². The van der Waals surface area contributed by atoms with Crippen LogP contribution in [0.2, 0.25) is 5.02 Å². The number of oxazole rings is 1. The van der Waals surface area contributed by atoms with Crippen molar-refractivity contribution in [2.24, 2.45) is 5.73 Å². The fourth-order valence-electron chi connectivity index (χ4n) is 3.33. The van der Waals surface area contributed by atoms with Gasteiger partial charge in [0.1, 0.15) is 17.9 Å². The number of benzene rings is 2. The van der Waals surface area contributed by atoms with Gasteiger partial charge in [0.05, 0.1) is 21.6 Å². The van der Waals surface area contributed by atoms with Crippen LogP contribution in [0.4, 0.5) is 0 Å². The molecule has 5 aromatic rings. The van der Waals surface area contributed by atoms with Gasteiger partial charge >= 0.3 is 0 Å². The van der Waals surface area contributed by atoms with E-state index >= 15 is 0 Å². The molecule has 0 saturated heterocycles. The van der Waals surface area contributed by atoms with E-state index in [9.17, 15) is 4.79 Å². The molecule has 7 nitrogen and oxygen atoms in total. The van der Waals surface area contributed by atoms with Gasteiger partial charge in [-0.05, 0) is 36.4 Å². The predicted octanol–water partition coefficient (Wildman–Crippen LogP) is 4.21. The second-order valence-electron chi connectivity index (χ2n) is 6.85. The number of fused-ring (bicyclic) bond motifs is 1. The third-order valence-corrected chi connectivity index (χ3v) is 5.09. The van der Waals surface area contributed by atoms with Gasteiger partial charge in [0, 0.05) is 23.9 Å². The largest absolute Gasteiger partial charge is 0.444 e. The molecule has 152 valence electrons. The summed E-state index contributed by atoms with van der Waals surface area (Å²) >= 11 is 5.99. The number of nitrogens with two attached hydrogens (primary N) is 1. The van der Waals surface area contributed by atoms with Crippen molar-refractivity contribution < 1.29 is 4.42 Å². The summed E-state index contributed by atoms with van der Waals surface area (Å²) in [5, 5.41) is 0.993. The molecule has 3 aromatic heterocycles. The molecule has 0 saturated carbocycles. The van der Waals surface area contributed by atoms with E-state index in [1.807, 2.05) is 42.5 Å². The number of hydrogen-bond acceptors (Lipinski definition) is 6. The summed E-state index contributed by atoms with van der Waals surface area (Å²) < 4.78 is 6.98. The van der Waals surface area contributed by atoms with Gasteiger partial charge in [-0.25, -0.2) is 19.5 Å². The Morgan fingerprint density at radius 1 is 0.968 bits per heavy atom. The molecule has 31 heavy (non-hydrogen) atoms. The highest BCUT2D eigenvalue weighted by Crippen LogP contribution is 2.25. The maximum atomic E-state index is 13.3. The zero-order valence-electron chi connectivity index (χ0n) is 16.2. The van der Waals surface area contributed by atoms with Gasteiger partial charge in [0.2, 0.25) is 5.89 Å². The Morgan fingerprint density at radius 3 is 2.45 bits per heavy atom. The minimum absolute atomic E-state index is 0.209. The number of nitrogens with zero attached hydrogens (tertiary/aromatic N) is 4. The first kappa shape index (κ1) is 19.2. The molecular formula is C23H16ClN5O2. The molecule has 3 heterocycles. The Labute approximate surface area is 181 Å². The van der Waals surface area contributed by atoms with Gasteiger partial charge in [-0.3, -0.25) is 4.79 Å². The molecule has 0 fully saturated rings. The van der Waals surface area contributed by atoms with Crippen LogP contribution in [0.25, 0.3) is 39.6 Å². The van der Waals surface area contributed by atoms with E-state index in [-0.39, 0.29) is 5.56 Å². The van der Waals surface area contributed by atoms with Crippen LogP contribution in [0.15, 0.2) is 82.3 Å². The molecular weight excluding hydrogens is 414 g/mol. The molecule has 0 aliphatic heterocycles. The highest BCUT2D eigenvalue weighted by atomic mass is 35.5. The molecule has 2 aromatic carbocycles. The van der Waals surface area contributed by atoms with Gasteiger partial charge in [-0.2, -0.15) is 0 Å². The normalized spacial score (nSPS) is 11.2. The second-order valence-corrected chi connectivity index (χ2v) is 7.29. The smallest absolute Gasteiger partial charge is 0.267 e. The van der Waals surface area contributed by atoms with Crippen LogP contribution in [0.1, 0.15) is 5.69 Å². The lowest BCUT2D eigenvalue weighted by molar-refractivity contribution is 0.572. The lowest BCUT2D eigenvalue weighted by Crippen LogP contribution is -2.22. The van der Waals surface area contributed by atoms with Gasteiger partial charge < -0.3 is 10.2 Å². The zero-order chi connectivity index (χ0) is 21.4. The standard InChI is InChI=1S/C23H16ClN5O2/c24-16-9-10-20(26-12-16)29-21(28-19-4-2-1-3-18(19)23(29)30)14-5-7-15(8-6-14)22-27-17(11-25)13-31-22/h1-10,12-13H,11,25H2. The van der Waals surface area contributed by atoms with Crippen molar-refractivity contribution in [2.45, 2.75) is 6.54 Å². The summed E-state index contributed by atoms with van der Waals surface area (Å²) in [6.07, 6.45) is 3.04. The highest BCUT2D eigenvalue weighted by Gasteiger charge is 2.16. The lowest BCUT2D eigenvalue weighted by Gasteiger charge is -2.13. The van der Waals surface area contributed by atoms with Gasteiger partial charge in [0.15, 0.2) is 0 Å². The zero-order valence-corrected chi connectivity index (χ0v) is 17.0. The quantitative estimate of drug-likeness (QED) is 0.459. The fourth-order valence-corrected chi connectivity index (χ4v) is 3.45. The monoisotopic (exact) mass is 429 g/mol. The van der Waals surface area contributed by atoms with Crippen molar-refractivity contribution >= 4 is 22.5 Å². The first-order valence-corrected chi connectivity index (χ1v) is 9.91. The average molecular weight is 430 g/mol. The molecule has 0 spiro atoms. The molecule has 0 unspecified atom stereocenters. The Balaban J connectivity index is 1.69. The molecule has 0 bridgehead atoms. The van der Waals surface area contributed by atoms with Crippen LogP contribution in [-0.4, -0.2) is 19.5 Å². The van der Waals surface area contributed by atoms with E-state index in [4.69, 9.17) is 26.7 Å². The molecule has 0 radical (unpaired) electrons. The minimum atomic E-state index is -0.209. The topological polar surface area (TPSA) is 99.8 Å². The summed E-state index contributed by atoms with van der Waals surface area (Å²) in [6.45, 7) is 0.308. The van der Waals surface area contributed by atoms with Crippen LogP contribution in [0, 0.1) is 0 Å². The number of pyridine rings is 1. The molecule has 0 aliphatic rings. The predicted molar refractivity (Wildman–Crippen MR) is 119 cm³/mol. The van der Waals surface area contributed by atoms with Crippen molar-refractivity contribution in [3.63, 3.8) is 0 Å². The Bertz CT molecular complexity index is 1440. The van der Waals surface area contributed by atoms with Crippen LogP contribution >= 0.6 is 11.6 Å². The first-order chi connectivity index (χ1) is 15.1. The van der Waals surface area contributed by atoms with E-state index in [1.165, 1.54) is 17.0 Å². The maximum Gasteiger partial charge on any atom is 0.267 e. The second kappa shape index (κ2) is 7.79. The summed E-state index contributed by atoms with van der Waals surface area (Å²) in [5.41, 5.74) is 8.22. The van der Waals surface area contributed by atoms with E-state index in [2.05, 4.69) is 9.97 Å². The van der Waals surface area contributed by atoms with Crippen LogP contribution in [0.3, 0.4) is 0 Å². The van der Waals surface area contributed by atoms with E-state index in [0.29, 0.717) is 45.7 Å². The third-order valence-electron chi connectivity index (χ3n) is 4.87. The van der Waals surface area contributed by atoms with Crippen LogP contribution in [-0.2, 0) is 6.54 Å². The summed E-state index contributed by atoms with van der Waals surface area (Å²) in [6, 6.07) is 18.1. The first-order valence-electron chi connectivity index (χ1n) is 9.53. The van der Waals surface area contributed by atoms with Crippen molar-refractivity contribution in [1.29, 1.82) is 0 Å². The van der Waals surface area contributed by atoms with Crippen LogP contribution < -0.4 is 11.3 Å². The minimum Gasteiger partial charge on any atom is -0.444 e. The molecule has 2 N–H and O–H groups in total. The molecule has 0 amide bonds. The molecule has 0 atom stereocenters. The summed E-state index contributed by atoms with van der Waals surface area (Å²) in [7, 11) is 0. The van der Waals surface area contributed by atoms with Crippen molar-refractivity contribution in [3.05, 3.63) is 94.2 Å². The number of aromatic nitrogens is 4. The van der Waals surface area contributed by atoms with Crippen molar-refractivity contribution in [2.75, 3.05) is 0 Å². The Kier molecular flexibility index (Phi) is 4.82. The van der Waals surface area contributed by atoms with Gasteiger partial charge in [-0.15, -0.1) is 0 Å². The van der Waals surface area contributed by atoms with Gasteiger partial charge in [-0.1, -0.05) is 35.9 Å². The Hall–Kier alpha value is -3.81. The average Bonchev–Trinajstić information content (AvgIpc) is 3.29. The lowest BCUT2D eigenvalue weighted by atomic mass is 10.1. The number of hydrogen-bond donors (Lipinski definition) is 1. The molecule has 5 rings (SSSR count). The highest BCUT2D eigenvalue weighted by molar-refractivity contribution is 6.30. The van der Waals surface area contributed by atoms with E-state index in [1.54, 1.807) is 18.2 Å². The summed E-state index contributed by atoms with van der Waals surface area (Å²) in [5.74, 6) is 1.39.